The first-order valence-corrected chi connectivity index (χ1v) is 6.26. The lowest BCUT2D eigenvalue weighted by Crippen LogP contribution is -2.24. The van der Waals surface area contributed by atoms with E-state index in [0.717, 1.165) is 12.0 Å². The zero-order chi connectivity index (χ0) is 13.4. The largest absolute Gasteiger partial charge is 0.381 e. The summed E-state index contributed by atoms with van der Waals surface area (Å²) < 4.78 is 10.8. The molecule has 100 valence electrons. The number of hydrogen-bond acceptors (Lipinski definition) is 3. The van der Waals surface area contributed by atoms with E-state index in [1.807, 2.05) is 44.2 Å². The average Bonchev–Trinajstić information content (AvgIpc) is 2.39. The number of rotatable bonds is 8. The van der Waals surface area contributed by atoms with Gasteiger partial charge in [-0.3, -0.25) is 4.79 Å². The molecule has 3 nitrogen and oxygen atoms in total. The minimum absolute atomic E-state index is 0.126. The first-order valence-electron chi connectivity index (χ1n) is 6.26. The summed E-state index contributed by atoms with van der Waals surface area (Å²) in [5.74, 6) is 0.126. The second-order valence-electron chi connectivity index (χ2n) is 4.87. The molecule has 0 aliphatic heterocycles. The molecule has 3 heteroatoms. The van der Waals surface area contributed by atoms with Crippen LogP contribution in [0.3, 0.4) is 0 Å². The van der Waals surface area contributed by atoms with Gasteiger partial charge in [0.25, 0.3) is 0 Å². The van der Waals surface area contributed by atoms with Crippen LogP contribution in [-0.4, -0.2) is 31.7 Å². The third-order valence-corrected chi connectivity index (χ3v) is 2.97. The third-order valence-electron chi connectivity index (χ3n) is 2.97. The molecule has 0 radical (unpaired) electrons. The van der Waals surface area contributed by atoms with Gasteiger partial charge < -0.3 is 9.47 Å². The van der Waals surface area contributed by atoms with Crippen LogP contribution in [0.4, 0.5) is 0 Å². The number of Topliss-reactive ketones (excluding diaryl/α,β-unsaturated/α-hetero) is 1. The van der Waals surface area contributed by atoms with Crippen LogP contribution in [0.1, 0.15) is 37.0 Å². The highest BCUT2D eigenvalue weighted by Crippen LogP contribution is 2.12. The average molecular weight is 250 g/mol. The van der Waals surface area contributed by atoms with Crippen molar-refractivity contribution in [2.24, 2.45) is 0 Å². The van der Waals surface area contributed by atoms with Gasteiger partial charge in [-0.25, -0.2) is 0 Å². The molecule has 0 aliphatic rings. The number of benzene rings is 1. The minimum atomic E-state index is -0.163. The maximum Gasteiger partial charge on any atom is 0.165 e. The highest BCUT2D eigenvalue weighted by atomic mass is 16.5. The molecule has 1 aromatic rings. The Kier molecular flexibility index (Phi) is 6.02. The van der Waals surface area contributed by atoms with E-state index in [0.29, 0.717) is 19.6 Å². The lowest BCUT2D eigenvalue weighted by molar-refractivity contribution is -0.00955. The second-order valence-corrected chi connectivity index (χ2v) is 4.87. The number of ketones is 1. The molecule has 0 bridgehead atoms. The van der Waals surface area contributed by atoms with Crippen molar-refractivity contribution in [2.45, 2.75) is 32.3 Å². The first kappa shape index (κ1) is 14.9. The molecule has 1 rings (SSSR count). The van der Waals surface area contributed by atoms with Crippen molar-refractivity contribution in [3.8, 4) is 0 Å². The number of carbonyl (C=O) groups excluding carboxylic acids is 1. The Hall–Kier alpha value is -1.19. The summed E-state index contributed by atoms with van der Waals surface area (Å²) in [6.07, 6.45) is 1.25. The second kappa shape index (κ2) is 7.29. The van der Waals surface area contributed by atoms with Gasteiger partial charge in [0, 0.05) is 25.7 Å². The molecule has 0 fully saturated rings. The first-order chi connectivity index (χ1) is 8.55. The van der Waals surface area contributed by atoms with E-state index in [-0.39, 0.29) is 11.4 Å². The normalized spacial score (nSPS) is 11.5. The fourth-order valence-corrected chi connectivity index (χ4v) is 1.46. The van der Waals surface area contributed by atoms with Gasteiger partial charge in [-0.15, -0.1) is 0 Å². The van der Waals surface area contributed by atoms with Gasteiger partial charge in [0.05, 0.1) is 12.2 Å². The molecule has 0 heterocycles. The molecule has 0 atom stereocenters. The van der Waals surface area contributed by atoms with Crippen molar-refractivity contribution in [3.63, 3.8) is 0 Å². The minimum Gasteiger partial charge on any atom is -0.381 e. The molecular weight excluding hydrogens is 228 g/mol. The predicted octanol–water partition coefficient (Wildman–Crippen LogP) is 3.09. The van der Waals surface area contributed by atoms with E-state index in [9.17, 15) is 4.79 Å². The van der Waals surface area contributed by atoms with E-state index < -0.39 is 0 Å². The maximum atomic E-state index is 11.8. The Labute approximate surface area is 109 Å². The summed E-state index contributed by atoms with van der Waals surface area (Å²) in [6, 6.07) is 9.30. The number of methoxy groups -OCH3 is 1. The zero-order valence-corrected chi connectivity index (χ0v) is 11.4. The predicted molar refractivity (Wildman–Crippen MR) is 71.9 cm³/mol. The van der Waals surface area contributed by atoms with Crippen molar-refractivity contribution >= 4 is 5.78 Å². The van der Waals surface area contributed by atoms with Crippen LogP contribution in [0.5, 0.6) is 0 Å². The molecule has 0 spiro atoms. The maximum absolute atomic E-state index is 11.8. The number of carbonyl (C=O) groups is 1. The quantitative estimate of drug-likeness (QED) is 0.525. The monoisotopic (exact) mass is 250 g/mol. The van der Waals surface area contributed by atoms with Crippen molar-refractivity contribution in [1.29, 1.82) is 0 Å². The molecule has 0 aromatic heterocycles. The van der Waals surface area contributed by atoms with Crippen molar-refractivity contribution in [3.05, 3.63) is 35.9 Å². The topological polar surface area (TPSA) is 35.5 Å². The van der Waals surface area contributed by atoms with E-state index in [1.165, 1.54) is 0 Å². The third kappa shape index (κ3) is 5.43. The molecule has 0 aliphatic carbocycles. The van der Waals surface area contributed by atoms with Crippen molar-refractivity contribution in [1.82, 2.24) is 0 Å². The van der Waals surface area contributed by atoms with Crippen LogP contribution in [0.25, 0.3) is 0 Å². The van der Waals surface area contributed by atoms with Crippen LogP contribution in [0.2, 0.25) is 0 Å². The highest BCUT2D eigenvalue weighted by molar-refractivity contribution is 5.96. The van der Waals surface area contributed by atoms with Gasteiger partial charge in [0.15, 0.2) is 5.78 Å². The Morgan fingerprint density at radius 3 is 2.44 bits per heavy atom. The van der Waals surface area contributed by atoms with Crippen LogP contribution in [-0.2, 0) is 9.47 Å². The van der Waals surface area contributed by atoms with E-state index in [4.69, 9.17) is 9.47 Å². The summed E-state index contributed by atoms with van der Waals surface area (Å²) >= 11 is 0. The fourth-order valence-electron chi connectivity index (χ4n) is 1.46. The van der Waals surface area contributed by atoms with Crippen LogP contribution >= 0.6 is 0 Å². The van der Waals surface area contributed by atoms with E-state index >= 15 is 0 Å². The molecule has 0 saturated carbocycles. The van der Waals surface area contributed by atoms with Crippen molar-refractivity contribution in [2.75, 3.05) is 20.3 Å². The molecule has 18 heavy (non-hydrogen) atoms. The molecule has 0 unspecified atom stereocenters. The van der Waals surface area contributed by atoms with Gasteiger partial charge in [0.1, 0.15) is 0 Å². The Bertz CT molecular complexity index is 357. The van der Waals surface area contributed by atoms with Crippen LogP contribution < -0.4 is 0 Å². The fraction of sp³-hybridized carbons (Fsp3) is 0.533. The van der Waals surface area contributed by atoms with E-state index in [2.05, 4.69) is 0 Å². The van der Waals surface area contributed by atoms with Gasteiger partial charge in [0.2, 0.25) is 0 Å². The lowest BCUT2D eigenvalue weighted by Gasteiger charge is -2.22. The summed E-state index contributed by atoms with van der Waals surface area (Å²) in [7, 11) is 1.69. The lowest BCUT2D eigenvalue weighted by atomic mass is 10.1. The number of hydrogen-bond donors (Lipinski definition) is 0. The Balaban J connectivity index is 2.17. The molecule has 0 saturated heterocycles. The summed E-state index contributed by atoms with van der Waals surface area (Å²) in [4.78, 5) is 11.8. The number of ether oxygens (including phenoxy) is 2. The SMILES string of the molecule is COC(C)(C)CCOCCC(=O)c1ccccc1. The molecular formula is C15H22O3. The van der Waals surface area contributed by atoms with Gasteiger partial charge >= 0.3 is 0 Å². The Morgan fingerprint density at radius 2 is 1.83 bits per heavy atom. The summed E-state index contributed by atoms with van der Waals surface area (Å²) in [6.45, 7) is 5.12. The standard InChI is InChI=1S/C15H22O3/c1-15(2,17-3)10-12-18-11-9-14(16)13-7-5-4-6-8-13/h4-8H,9-12H2,1-3H3. The van der Waals surface area contributed by atoms with Crippen LogP contribution in [0.15, 0.2) is 30.3 Å². The Morgan fingerprint density at radius 1 is 1.17 bits per heavy atom. The molecule has 1 aromatic carbocycles. The summed E-state index contributed by atoms with van der Waals surface area (Å²) in [5, 5.41) is 0. The van der Waals surface area contributed by atoms with Crippen LogP contribution in [0, 0.1) is 0 Å². The van der Waals surface area contributed by atoms with Gasteiger partial charge in [-0.1, -0.05) is 30.3 Å². The summed E-state index contributed by atoms with van der Waals surface area (Å²) in [5.41, 5.74) is 0.585. The van der Waals surface area contributed by atoms with Gasteiger partial charge in [-0.05, 0) is 20.3 Å². The zero-order valence-electron chi connectivity index (χ0n) is 11.4. The molecule has 0 amide bonds. The van der Waals surface area contributed by atoms with Crippen molar-refractivity contribution < 1.29 is 14.3 Å². The van der Waals surface area contributed by atoms with E-state index in [1.54, 1.807) is 7.11 Å². The molecule has 0 N–H and O–H groups in total. The highest BCUT2D eigenvalue weighted by Gasteiger charge is 2.15. The smallest absolute Gasteiger partial charge is 0.165 e. The van der Waals surface area contributed by atoms with Gasteiger partial charge in [-0.2, -0.15) is 0 Å².